The predicted molar refractivity (Wildman–Crippen MR) is 146 cm³/mol. The molecule has 1 aliphatic carbocycles. The minimum atomic E-state index is -4.11. The molecule has 1 atom stereocenters. The van der Waals surface area contributed by atoms with Gasteiger partial charge in [0.05, 0.1) is 17.0 Å². The molecule has 36 heavy (non-hydrogen) atoms. The molecule has 2 aromatic rings. The van der Waals surface area contributed by atoms with Gasteiger partial charge >= 0.3 is 0 Å². The van der Waals surface area contributed by atoms with Crippen molar-refractivity contribution in [1.82, 2.24) is 4.31 Å². The molecule has 0 bridgehead atoms. The monoisotopic (exact) mass is 621 g/mol. The van der Waals surface area contributed by atoms with Gasteiger partial charge in [0, 0.05) is 22.7 Å². The van der Waals surface area contributed by atoms with Crippen molar-refractivity contribution in [3.63, 3.8) is 0 Å². The number of hydrogen-bond acceptors (Lipinski definition) is 5. The van der Waals surface area contributed by atoms with Crippen molar-refractivity contribution in [3.8, 4) is 0 Å². The van der Waals surface area contributed by atoms with Gasteiger partial charge in [-0.25, -0.2) is 13.3 Å². The molecular weight excluding hydrogens is 593 g/mol. The highest BCUT2D eigenvalue weighted by atomic mass is 127. The molecule has 1 heterocycles. The summed E-state index contributed by atoms with van der Waals surface area (Å²) in [6.07, 6.45) is 6.49. The molecule has 1 unspecified atom stereocenters. The van der Waals surface area contributed by atoms with Crippen molar-refractivity contribution in [2.24, 2.45) is 0 Å². The van der Waals surface area contributed by atoms with Gasteiger partial charge in [-0.15, -0.1) is 0 Å². The number of benzene rings is 2. The van der Waals surface area contributed by atoms with Crippen molar-refractivity contribution < 1.29 is 22.8 Å². The summed E-state index contributed by atoms with van der Waals surface area (Å²) in [7, 11) is -4.11. The number of imide groups is 1. The van der Waals surface area contributed by atoms with E-state index in [1.165, 1.54) is 41.1 Å². The summed E-state index contributed by atoms with van der Waals surface area (Å²) in [5.41, 5.74) is 2.07. The van der Waals surface area contributed by atoms with Gasteiger partial charge in [-0.2, -0.15) is 4.31 Å². The second-order valence-electron chi connectivity index (χ2n) is 8.94. The molecular formula is C26H28IN3O5S. The van der Waals surface area contributed by atoms with E-state index in [9.17, 15) is 22.8 Å². The Morgan fingerprint density at radius 3 is 2.39 bits per heavy atom. The highest BCUT2D eigenvalue weighted by molar-refractivity contribution is 14.1. The van der Waals surface area contributed by atoms with E-state index in [0.717, 1.165) is 34.2 Å². The van der Waals surface area contributed by atoms with Crippen LogP contribution < -0.4 is 10.2 Å². The minimum Gasteiger partial charge on any atom is -0.326 e. The molecule has 0 aromatic heterocycles. The van der Waals surface area contributed by atoms with Crippen LogP contribution in [0.25, 0.3) is 0 Å². The van der Waals surface area contributed by atoms with E-state index in [1.807, 2.05) is 0 Å². The molecule has 2 aromatic carbocycles. The number of amides is 3. The van der Waals surface area contributed by atoms with Gasteiger partial charge in [0.2, 0.25) is 21.8 Å². The summed E-state index contributed by atoms with van der Waals surface area (Å²) < 4.78 is 29.7. The van der Waals surface area contributed by atoms with E-state index >= 15 is 0 Å². The number of nitrogens with zero attached hydrogens (tertiary/aromatic N) is 2. The van der Waals surface area contributed by atoms with Crippen LogP contribution in [0.1, 0.15) is 45.4 Å². The van der Waals surface area contributed by atoms with Crippen molar-refractivity contribution in [3.05, 3.63) is 63.8 Å². The first-order valence-electron chi connectivity index (χ1n) is 11.9. The molecule has 190 valence electrons. The van der Waals surface area contributed by atoms with Crippen LogP contribution in [0.3, 0.4) is 0 Å². The fourth-order valence-corrected chi connectivity index (χ4v) is 6.52. The first kappa shape index (κ1) is 26.5. The molecule has 2 aliphatic rings. The second-order valence-corrected chi connectivity index (χ2v) is 12.1. The molecule has 1 aliphatic heterocycles. The Morgan fingerprint density at radius 1 is 1.08 bits per heavy atom. The molecule has 0 radical (unpaired) electrons. The topological polar surface area (TPSA) is 104 Å². The number of allylic oxidation sites excluding steroid dienone is 1. The summed E-state index contributed by atoms with van der Waals surface area (Å²) in [6.45, 7) is 1.47. The largest absolute Gasteiger partial charge is 0.326 e. The van der Waals surface area contributed by atoms with E-state index in [2.05, 4.69) is 34.0 Å². The lowest BCUT2D eigenvalue weighted by molar-refractivity contribution is -0.122. The number of rotatable bonds is 8. The number of hydrogen-bond donors (Lipinski definition) is 1. The van der Waals surface area contributed by atoms with Gasteiger partial charge in [-0.05, 0) is 103 Å². The van der Waals surface area contributed by atoms with Crippen molar-refractivity contribution in [1.29, 1.82) is 0 Å². The Balaban J connectivity index is 1.65. The number of nitrogens with one attached hydrogen (secondary N) is 1. The van der Waals surface area contributed by atoms with Crippen LogP contribution >= 0.6 is 22.6 Å². The number of sulfonamides is 1. The van der Waals surface area contributed by atoms with E-state index in [0.29, 0.717) is 17.8 Å². The van der Waals surface area contributed by atoms with Crippen molar-refractivity contribution >= 4 is 61.7 Å². The van der Waals surface area contributed by atoms with E-state index in [4.69, 9.17) is 0 Å². The number of halogens is 1. The number of carbonyl (C=O) groups excluding carboxylic acids is 3. The predicted octanol–water partition coefficient (Wildman–Crippen LogP) is 4.46. The van der Waals surface area contributed by atoms with Crippen molar-refractivity contribution in [2.75, 3.05) is 16.8 Å². The average molecular weight is 621 g/mol. The van der Waals surface area contributed by atoms with Gasteiger partial charge in [-0.1, -0.05) is 11.6 Å². The molecule has 8 nitrogen and oxygen atoms in total. The standard InChI is InChI=1S/C26H28IN3O5S/c1-18(31)28-21-9-13-23(14-10-21)36(34,35)29(16-15-19-5-3-2-4-6-19)24-17-25(32)30(26(24)33)22-11-7-20(27)8-12-22/h5,7-14,24H,2-4,6,15-17H2,1H3,(H,28,31). The Labute approximate surface area is 224 Å². The zero-order valence-electron chi connectivity index (χ0n) is 19.9. The van der Waals surface area contributed by atoms with Crippen LogP contribution in [-0.2, 0) is 24.4 Å². The lowest BCUT2D eigenvalue weighted by Crippen LogP contribution is -2.46. The highest BCUT2D eigenvalue weighted by Gasteiger charge is 2.46. The summed E-state index contributed by atoms with van der Waals surface area (Å²) in [5.74, 6) is -1.24. The SMILES string of the molecule is CC(=O)Nc1ccc(S(=O)(=O)N(CCC2=CCCCC2)C2CC(=O)N(c3ccc(I)cc3)C2=O)cc1. The first-order valence-corrected chi connectivity index (χ1v) is 14.4. The maximum Gasteiger partial charge on any atom is 0.252 e. The van der Waals surface area contributed by atoms with Crippen molar-refractivity contribution in [2.45, 2.75) is 56.4 Å². The summed E-state index contributed by atoms with van der Waals surface area (Å²) in [5, 5.41) is 2.62. The smallest absolute Gasteiger partial charge is 0.252 e. The zero-order chi connectivity index (χ0) is 25.9. The van der Waals surface area contributed by atoms with Crippen LogP contribution in [0.4, 0.5) is 11.4 Å². The molecule has 0 saturated carbocycles. The summed E-state index contributed by atoms with van der Waals surface area (Å²) in [4.78, 5) is 38.8. The van der Waals surface area contributed by atoms with Gasteiger partial charge < -0.3 is 5.32 Å². The first-order chi connectivity index (χ1) is 17.2. The van der Waals surface area contributed by atoms with Gasteiger partial charge in [0.1, 0.15) is 6.04 Å². The Hall–Kier alpha value is -2.57. The molecule has 4 rings (SSSR count). The summed E-state index contributed by atoms with van der Waals surface area (Å²) >= 11 is 2.14. The van der Waals surface area contributed by atoms with Gasteiger partial charge in [-0.3, -0.25) is 14.4 Å². The molecule has 3 amide bonds. The Kier molecular flexibility index (Phi) is 8.26. The molecule has 1 saturated heterocycles. The highest BCUT2D eigenvalue weighted by Crippen LogP contribution is 2.31. The Bertz CT molecular complexity index is 1290. The third-order valence-corrected chi connectivity index (χ3v) is 9.02. The van der Waals surface area contributed by atoms with Crippen LogP contribution in [0.5, 0.6) is 0 Å². The molecule has 0 spiro atoms. The minimum absolute atomic E-state index is 0.00203. The number of anilines is 2. The van der Waals surface area contributed by atoms with Gasteiger partial charge in [0.15, 0.2) is 0 Å². The molecule has 10 heteroatoms. The quantitative estimate of drug-likeness (QED) is 0.267. The normalized spacial score (nSPS) is 18.5. The maximum absolute atomic E-state index is 13.8. The maximum atomic E-state index is 13.8. The lowest BCUT2D eigenvalue weighted by Gasteiger charge is -2.28. The third kappa shape index (κ3) is 5.87. The van der Waals surface area contributed by atoms with Crippen LogP contribution in [-0.4, -0.2) is 43.0 Å². The van der Waals surface area contributed by atoms with Crippen LogP contribution in [0, 0.1) is 3.57 Å². The second kappa shape index (κ2) is 11.2. The fraction of sp³-hybridized carbons (Fsp3) is 0.346. The number of carbonyl (C=O) groups is 3. The zero-order valence-corrected chi connectivity index (χ0v) is 22.9. The van der Waals surface area contributed by atoms with E-state index < -0.39 is 27.9 Å². The third-order valence-electron chi connectivity index (χ3n) is 6.37. The molecule has 1 N–H and O–H groups in total. The van der Waals surface area contributed by atoms with Gasteiger partial charge in [0.25, 0.3) is 5.91 Å². The molecule has 1 fully saturated rings. The van der Waals surface area contributed by atoms with E-state index in [-0.39, 0.29) is 23.8 Å². The van der Waals surface area contributed by atoms with Crippen LogP contribution in [0.15, 0.2) is 65.1 Å². The average Bonchev–Trinajstić information content (AvgIpc) is 3.14. The Morgan fingerprint density at radius 2 is 1.78 bits per heavy atom. The van der Waals surface area contributed by atoms with Crippen LogP contribution in [0.2, 0.25) is 0 Å². The van der Waals surface area contributed by atoms with E-state index in [1.54, 1.807) is 24.3 Å². The lowest BCUT2D eigenvalue weighted by atomic mass is 9.97. The fourth-order valence-electron chi connectivity index (χ4n) is 4.58. The summed E-state index contributed by atoms with van der Waals surface area (Å²) in [6, 6.07) is 11.7.